The van der Waals surface area contributed by atoms with Gasteiger partial charge in [-0.05, 0) is 55.3 Å². The molecule has 0 saturated carbocycles. The Bertz CT molecular complexity index is 1030. The third kappa shape index (κ3) is 3.98. The van der Waals surface area contributed by atoms with Crippen LogP contribution in [0.5, 0.6) is 0 Å². The highest BCUT2D eigenvalue weighted by Gasteiger charge is 2.16. The number of hydrogen-bond acceptors (Lipinski definition) is 4. The third-order valence-corrected chi connectivity index (χ3v) is 5.86. The molecule has 26 heavy (non-hydrogen) atoms. The minimum Gasteiger partial charge on any atom is -0.354 e. The van der Waals surface area contributed by atoms with Crippen LogP contribution in [0.3, 0.4) is 0 Å². The minimum absolute atomic E-state index is 0.235. The molecule has 0 amide bonds. The second-order valence-corrected chi connectivity index (χ2v) is 7.90. The second-order valence-electron chi connectivity index (χ2n) is 5.84. The van der Waals surface area contributed by atoms with Crippen molar-refractivity contribution in [1.82, 2.24) is 4.98 Å². The molecule has 0 spiro atoms. The zero-order valence-electron chi connectivity index (χ0n) is 14.3. The molecular formula is C19H18ClN3O2S. The molecular weight excluding hydrogens is 370 g/mol. The summed E-state index contributed by atoms with van der Waals surface area (Å²) < 4.78 is 27.5. The molecule has 2 N–H and O–H groups in total. The molecule has 7 heteroatoms. The maximum absolute atomic E-state index is 12.5. The lowest BCUT2D eigenvalue weighted by molar-refractivity contribution is 0.600. The number of nitrogens with one attached hydrogen (secondary N) is 2. The van der Waals surface area contributed by atoms with Gasteiger partial charge in [-0.2, -0.15) is 0 Å². The van der Waals surface area contributed by atoms with Crippen LogP contribution in [0, 0.1) is 13.8 Å². The molecule has 0 atom stereocenters. The lowest BCUT2D eigenvalue weighted by Crippen LogP contribution is -2.15. The van der Waals surface area contributed by atoms with Crippen LogP contribution in [-0.4, -0.2) is 13.4 Å². The van der Waals surface area contributed by atoms with Gasteiger partial charge in [-0.25, -0.2) is 13.4 Å². The first-order valence-electron chi connectivity index (χ1n) is 7.93. The number of benzene rings is 2. The molecule has 0 fully saturated rings. The fraction of sp³-hybridized carbons (Fsp3) is 0.105. The number of rotatable bonds is 5. The second kappa shape index (κ2) is 7.35. The van der Waals surface area contributed by atoms with Crippen LogP contribution >= 0.6 is 11.6 Å². The van der Waals surface area contributed by atoms with Gasteiger partial charge in [0.15, 0.2) is 0 Å². The van der Waals surface area contributed by atoms with Gasteiger partial charge in [0.2, 0.25) is 0 Å². The lowest BCUT2D eigenvalue weighted by Gasteiger charge is -2.12. The topological polar surface area (TPSA) is 71.1 Å². The number of pyridine rings is 1. The van der Waals surface area contributed by atoms with Gasteiger partial charge in [0.25, 0.3) is 10.0 Å². The Morgan fingerprint density at radius 2 is 1.73 bits per heavy atom. The highest BCUT2D eigenvalue weighted by atomic mass is 35.5. The number of aryl methyl sites for hydroxylation is 1. The van der Waals surface area contributed by atoms with Gasteiger partial charge in [-0.1, -0.05) is 35.9 Å². The van der Waals surface area contributed by atoms with Crippen molar-refractivity contribution < 1.29 is 8.42 Å². The predicted octanol–water partition coefficient (Wildman–Crippen LogP) is 4.90. The molecule has 0 aliphatic rings. The van der Waals surface area contributed by atoms with Gasteiger partial charge < -0.3 is 5.32 Å². The summed E-state index contributed by atoms with van der Waals surface area (Å²) >= 11 is 6.12. The van der Waals surface area contributed by atoms with E-state index in [1.165, 1.54) is 0 Å². The molecule has 0 aliphatic carbocycles. The molecule has 5 nitrogen and oxygen atoms in total. The molecule has 3 aromatic rings. The Morgan fingerprint density at radius 3 is 2.42 bits per heavy atom. The zero-order valence-corrected chi connectivity index (χ0v) is 15.9. The van der Waals surface area contributed by atoms with Crippen LogP contribution in [0.25, 0.3) is 0 Å². The predicted molar refractivity (Wildman–Crippen MR) is 106 cm³/mol. The fourth-order valence-electron chi connectivity index (χ4n) is 2.48. The maximum atomic E-state index is 12.5. The van der Waals surface area contributed by atoms with Crippen LogP contribution in [0.1, 0.15) is 11.1 Å². The van der Waals surface area contributed by atoms with E-state index in [9.17, 15) is 8.42 Å². The van der Waals surface area contributed by atoms with E-state index in [1.54, 1.807) is 49.5 Å². The van der Waals surface area contributed by atoms with Gasteiger partial charge in [0.1, 0.15) is 5.82 Å². The zero-order chi connectivity index (χ0) is 18.7. The van der Waals surface area contributed by atoms with E-state index < -0.39 is 10.0 Å². The Kier molecular flexibility index (Phi) is 5.15. The van der Waals surface area contributed by atoms with Crippen molar-refractivity contribution in [2.75, 3.05) is 10.0 Å². The van der Waals surface area contributed by atoms with E-state index in [4.69, 9.17) is 11.6 Å². The molecule has 0 bridgehead atoms. The van der Waals surface area contributed by atoms with E-state index in [-0.39, 0.29) is 10.7 Å². The summed E-state index contributed by atoms with van der Waals surface area (Å²) in [6, 6.07) is 15.8. The molecule has 1 heterocycles. The molecule has 2 aromatic carbocycles. The quantitative estimate of drug-likeness (QED) is 0.653. The fourth-order valence-corrected chi connectivity index (χ4v) is 3.91. The Morgan fingerprint density at radius 1 is 0.962 bits per heavy atom. The van der Waals surface area contributed by atoms with E-state index in [0.717, 1.165) is 16.9 Å². The van der Waals surface area contributed by atoms with E-state index >= 15 is 0 Å². The van der Waals surface area contributed by atoms with E-state index in [1.807, 2.05) is 25.1 Å². The van der Waals surface area contributed by atoms with Crippen molar-refractivity contribution >= 4 is 38.8 Å². The standard InChI is InChI=1S/C19H18ClN3O2S/c1-13-6-3-4-9-18(13)26(24,25)23-19-11-10-15(12-21-19)22-17-8-5-7-16(20)14(17)2/h3-12,22H,1-2H3,(H,21,23). The van der Waals surface area contributed by atoms with Gasteiger partial charge in [-0.3, -0.25) is 4.72 Å². The summed E-state index contributed by atoms with van der Waals surface area (Å²) in [7, 11) is -3.68. The summed E-state index contributed by atoms with van der Waals surface area (Å²) in [5.74, 6) is 0.251. The molecule has 1 aromatic heterocycles. The van der Waals surface area contributed by atoms with Crippen molar-refractivity contribution in [3.05, 3.63) is 76.9 Å². The van der Waals surface area contributed by atoms with Gasteiger partial charge in [-0.15, -0.1) is 0 Å². The van der Waals surface area contributed by atoms with Crippen molar-refractivity contribution in [3.8, 4) is 0 Å². The van der Waals surface area contributed by atoms with E-state index in [0.29, 0.717) is 10.6 Å². The average Bonchev–Trinajstić information content (AvgIpc) is 2.60. The highest BCUT2D eigenvalue weighted by molar-refractivity contribution is 7.92. The van der Waals surface area contributed by atoms with Gasteiger partial charge in [0, 0.05) is 10.7 Å². The summed E-state index contributed by atoms with van der Waals surface area (Å²) in [5.41, 5.74) is 3.20. The Hall–Kier alpha value is -2.57. The van der Waals surface area contributed by atoms with Crippen LogP contribution in [-0.2, 0) is 10.0 Å². The monoisotopic (exact) mass is 387 g/mol. The van der Waals surface area contributed by atoms with Crippen molar-refractivity contribution in [3.63, 3.8) is 0 Å². The lowest BCUT2D eigenvalue weighted by atomic mass is 10.2. The van der Waals surface area contributed by atoms with Gasteiger partial charge >= 0.3 is 0 Å². The number of sulfonamides is 1. The minimum atomic E-state index is -3.68. The van der Waals surface area contributed by atoms with Crippen molar-refractivity contribution in [1.29, 1.82) is 0 Å². The molecule has 0 saturated heterocycles. The van der Waals surface area contributed by atoms with Crippen molar-refractivity contribution in [2.24, 2.45) is 0 Å². The van der Waals surface area contributed by atoms with Crippen molar-refractivity contribution in [2.45, 2.75) is 18.7 Å². The van der Waals surface area contributed by atoms with Crippen LogP contribution < -0.4 is 10.0 Å². The number of halogens is 1. The molecule has 0 aliphatic heterocycles. The van der Waals surface area contributed by atoms with Crippen LogP contribution in [0.2, 0.25) is 5.02 Å². The normalized spacial score (nSPS) is 11.2. The van der Waals surface area contributed by atoms with Gasteiger partial charge in [0.05, 0.1) is 16.8 Å². The number of anilines is 3. The average molecular weight is 388 g/mol. The van der Waals surface area contributed by atoms with Crippen LogP contribution in [0.4, 0.5) is 17.2 Å². The first-order chi connectivity index (χ1) is 12.4. The smallest absolute Gasteiger partial charge is 0.263 e. The maximum Gasteiger partial charge on any atom is 0.263 e. The van der Waals surface area contributed by atoms with E-state index in [2.05, 4.69) is 15.0 Å². The first-order valence-corrected chi connectivity index (χ1v) is 9.79. The Balaban J connectivity index is 1.78. The number of hydrogen-bond donors (Lipinski definition) is 2. The third-order valence-electron chi connectivity index (χ3n) is 3.93. The van der Waals surface area contributed by atoms with Crippen LogP contribution in [0.15, 0.2) is 65.7 Å². The highest BCUT2D eigenvalue weighted by Crippen LogP contribution is 2.26. The largest absolute Gasteiger partial charge is 0.354 e. The molecule has 134 valence electrons. The SMILES string of the molecule is Cc1ccccc1S(=O)(=O)Nc1ccc(Nc2cccc(Cl)c2C)cn1. The first kappa shape index (κ1) is 18.2. The number of nitrogens with zero attached hydrogens (tertiary/aromatic N) is 1. The summed E-state index contributed by atoms with van der Waals surface area (Å²) in [4.78, 5) is 4.42. The summed E-state index contributed by atoms with van der Waals surface area (Å²) in [6.45, 7) is 3.67. The summed E-state index contributed by atoms with van der Waals surface area (Å²) in [5, 5.41) is 3.89. The summed E-state index contributed by atoms with van der Waals surface area (Å²) in [6.07, 6.45) is 1.57. The Labute approximate surface area is 158 Å². The molecule has 3 rings (SSSR count). The molecule has 0 radical (unpaired) electrons. The molecule has 0 unspecified atom stereocenters. The number of aromatic nitrogens is 1.